The van der Waals surface area contributed by atoms with Gasteiger partial charge in [0, 0.05) is 39.4 Å². The van der Waals surface area contributed by atoms with Gasteiger partial charge in [0.05, 0.1) is 21.3 Å². The number of ketones is 1. The van der Waals surface area contributed by atoms with E-state index in [9.17, 15) is 9.59 Å². The average Bonchev–Trinajstić information content (AvgIpc) is 2.96. The molecule has 1 fully saturated rings. The Hall–Kier alpha value is -3.13. The number of carbonyl (C=O) groups is 2. The van der Waals surface area contributed by atoms with Crippen molar-refractivity contribution < 1.29 is 28.5 Å². The van der Waals surface area contributed by atoms with Gasteiger partial charge >= 0.3 is 5.97 Å². The molecule has 0 aromatic heterocycles. The summed E-state index contributed by atoms with van der Waals surface area (Å²) >= 11 is 3.59. The lowest BCUT2D eigenvalue weighted by Crippen LogP contribution is -2.39. The summed E-state index contributed by atoms with van der Waals surface area (Å²) in [6, 6.07) is 11.5. The Morgan fingerprint density at radius 3 is 2.30 bits per heavy atom. The van der Waals surface area contributed by atoms with Gasteiger partial charge in [0.25, 0.3) is 0 Å². The molecular formula is C32H36BrNO6. The van der Waals surface area contributed by atoms with Gasteiger partial charge in [-0.2, -0.15) is 0 Å². The fourth-order valence-corrected chi connectivity index (χ4v) is 6.79. The number of ether oxygens (including phenoxy) is 4. The summed E-state index contributed by atoms with van der Waals surface area (Å²) < 4.78 is 23.6. The second kappa shape index (κ2) is 12.2. The number of Topliss-reactive ketones (excluding diaryl/α,β-unsaturated/α-hetero) is 1. The Balaban J connectivity index is 1.56. The van der Waals surface area contributed by atoms with Gasteiger partial charge < -0.3 is 18.9 Å². The van der Waals surface area contributed by atoms with Crippen LogP contribution in [0.5, 0.6) is 17.2 Å². The second-order valence-corrected chi connectivity index (χ2v) is 11.7. The third-order valence-corrected chi connectivity index (χ3v) is 8.88. The van der Waals surface area contributed by atoms with Gasteiger partial charge in [-0.25, -0.2) is 0 Å². The summed E-state index contributed by atoms with van der Waals surface area (Å²) in [6.07, 6.45) is 5.82. The van der Waals surface area contributed by atoms with Gasteiger partial charge in [-0.05, 0) is 80.8 Å². The van der Waals surface area contributed by atoms with Crippen molar-refractivity contribution >= 4 is 33.4 Å². The van der Waals surface area contributed by atoms with E-state index in [1.807, 2.05) is 43.3 Å². The van der Waals surface area contributed by atoms with Crippen LogP contribution in [0.2, 0.25) is 0 Å². The van der Waals surface area contributed by atoms with Crippen LogP contribution in [0.3, 0.4) is 0 Å². The van der Waals surface area contributed by atoms with Crippen molar-refractivity contribution in [2.75, 3.05) is 21.3 Å². The molecular weight excluding hydrogens is 574 g/mol. The van der Waals surface area contributed by atoms with Crippen LogP contribution in [0.1, 0.15) is 74.8 Å². The topological polar surface area (TPSA) is 83.4 Å². The van der Waals surface area contributed by atoms with Crippen LogP contribution in [0, 0.1) is 5.92 Å². The maximum Gasteiger partial charge on any atom is 0.315 e. The summed E-state index contributed by atoms with van der Waals surface area (Å²) in [5.74, 6) is 0.235. The average molecular weight is 611 g/mol. The van der Waals surface area contributed by atoms with Gasteiger partial charge in [-0.15, -0.1) is 0 Å². The molecule has 1 saturated carbocycles. The molecule has 0 spiro atoms. The van der Waals surface area contributed by atoms with E-state index < -0.39 is 11.8 Å². The number of carbonyl (C=O) groups excluding carboxylic acids is 2. The molecule has 0 saturated heterocycles. The minimum Gasteiger partial charge on any atom is -0.496 e. The summed E-state index contributed by atoms with van der Waals surface area (Å²) in [4.78, 5) is 32.8. The maximum absolute atomic E-state index is 14.0. The molecule has 1 unspecified atom stereocenters. The van der Waals surface area contributed by atoms with E-state index in [0.29, 0.717) is 41.4 Å². The van der Waals surface area contributed by atoms with E-state index in [-0.39, 0.29) is 23.8 Å². The zero-order valence-corrected chi connectivity index (χ0v) is 25.1. The first-order chi connectivity index (χ1) is 19.3. The molecule has 40 heavy (non-hydrogen) atoms. The number of rotatable bonds is 7. The maximum atomic E-state index is 14.0. The van der Waals surface area contributed by atoms with E-state index in [1.165, 1.54) is 6.42 Å². The normalized spacial score (nSPS) is 23.3. The highest BCUT2D eigenvalue weighted by Crippen LogP contribution is 2.49. The Bertz CT molecular complexity index is 1360. The predicted octanol–water partition coefficient (Wildman–Crippen LogP) is 6.93. The van der Waals surface area contributed by atoms with E-state index in [0.717, 1.165) is 47.0 Å². The zero-order valence-electron chi connectivity index (χ0n) is 23.5. The molecule has 1 heterocycles. The molecule has 212 valence electrons. The first-order valence-corrected chi connectivity index (χ1v) is 14.7. The van der Waals surface area contributed by atoms with Crippen LogP contribution in [0.15, 0.2) is 57.1 Å². The highest BCUT2D eigenvalue weighted by Gasteiger charge is 2.46. The molecule has 1 aliphatic heterocycles. The minimum absolute atomic E-state index is 0.0141. The lowest BCUT2D eigenvalue weighted by molar-refractivity contribution is -0.153. The van der Waals surface area contributed by atoms with Crippen LogP contribution in [-0.2, 0) is 14.3 Å². The molecule has 8 heteroatoms. The standard InChI is InChI=1S/C32H36BrNO6/c1-18-29(32(36)40-22-8-6-5-7-9-22)30(23-17-21(33)11-13-26(23)37-2)31-24(34-18)14-20(15-25(31)35)19-10-12-27(38-3)28(16-19)39-4/h10-13,16-17,20,22,29-30H,5-9,14-15H2,1-4H3/t20-,29?,30+/m1/s1. The Labute approximate surface area is 244 Å². The molecule has 3 atom stereocenters. The van der Waals surface area contributed by atoms with Crippen molar-refractivity contribution in [3.05, 3.63) is 63.3 Å². The third-order valence-electron chi connectivity index (χ3n) is 8.38. The largest absolute Gasteiger partial charge is 0.496 e. The number of halogens is 1. The summed E-state index contributed by atoms with van der Waals surface area (Å²) in [6.45, 7) is 1.87. The number of aliphatic imine (C=N–C) groups is 1. The van der Waals surface area contributed by atoms with Crippen molar-refractivity contribution in [2.45, 2.75) is 69.8 Å². The molecule has 0 radical (unpaired) electrons. The van der Waals surface area contributed by atoms with Crippen LogP contribution in [-0.4, -0.2) is 44.9 Å². The number of hydrogen-bond acceptors (Lipinski definition) is 7. The van der Waals surface area contributed by atoms with Gasteiger partial charge in [-0.1, -0.05) is 28.4 Å². The van der Waals surface area contributed by atoms with E-state index in [1.54, 1.807) is 21.3 Å². The van der Waals surface area contributed by atoms with Crippen LogP contribution >= 0.6 is 15.9 Å². The second-order valence-electron chi connectivity index (χ2n) is 10.8. The first kappa shape index (κ1) is 28.4. The monoisotopic (exact) mass is 609 g/mol. The Kier molecular flexibility index (Phi) is 8.64. The number of benzene rings is 2. The number of esters is 1. The lowest BCUT2D eigenvalue weighted by atomic mass is 9.69. The smallest absolute Gasteiger partial charge is 0.315 e. The summed E-state index contributed by atoms with van der Waals surface area (Å²) in [5.41, 5.74) is 3.74. The summed E-state index contributed by atoms with van der Waals surface area (Å²) in [5, 5.41) is 0. The van der Waals surface area contributed by atoms with Crippen molar-refractivity contribution in [3.8, 4) is 17.2 Å². The fourth-order valence-electron chi connectivity index (χ4n) is 6.41. The van der Waals surface area contributed by atoms with Crippen LogP contribution in [0.4, 0.5) is 0 Å². The van der Waals surface area contributed by atoms with Gasteiger partial charge in [-0.3, -0.25) is 14.6 Å². The molecule has 3 aliphatic rings. The Morgan fingerprint density at radius 2 is 1.60 bits per heavy atom. The molecule has 0 bridgehead atoms. The molecule has 5 rings (SSSR count). The highest BCUT2D eigenvalue weighted by molar-refractivity contribution is 9.10. The zero-order chi connectivity index (χ0) is 28.4. The van der Waals surface area contributed by atoms with E-state index >= 15 is 0 Å². The number of methoxy groups -OCH3 is 3. The van der Waals surface area contributed by atoms with E-state index in [4.69, 9.17) is 23.9 Å². The van der Waals surface area contributed by atoms with E-state index in [2.05, 4.69) is 15.9 Å². The van der Waals surface area contributed by atoms with Crippen molar-refractivity contribution in [2.24, 2.45) is 10.9 Å². The lowest BCUT2D eigenvalue weighted by Gasteiger charge is -2.37. The minimum atomic E-state index is -0.703. The molecule has 2 aromatic carbocycles. The SMILES string of the molecule is COc1ccc([C@H]2CC(=O)C3=C(C2)N=C(C)C(C(=O)OC2CCCCC2)[C@@H]3c2cc(Br)ccc2OC)cc1OC. The number of hydrogen-bond donors (Lipinski definition) is 0. The Morgan fingerprint density at radius 1 is 0.900 bits per heavy atom. The number of allylic oxidation sites excluding steroid dienone is 2. The first-order valence-electron chi connectivity index (χ1n) is 13.9. The molecule has 0 N–H and O–H groups in total. The predicted molar refractivity (Wildman–Crippen MR) is 157 cm³/mol. The third kappa shape index (κ3) is 5.55. The fraction of sp³-hybridized carbons (Fsp3) is 0.469. The van der Waals surface area contributed by atoms with Gasteiger partial charge in [0.1, 0.15) is 17.8 Å². The molecule has 2 aromatic rings. The van der Waals surface area contributed by atoms with Crippen LogP contribution < -0.4 is 14.2 Å². The molecule has 7 nitrogen and oxygen atoms in total. The van der Waals surface area contributed by atoms with Crippen molar-refractivity contribution in [3.63, 3.8) is 0 Å². The quantitative estimate of drug-likeness (QED) is 0.317. The van der Waals surface area contributed by atoms with Crippen molar-refractivity contribution in [1.29, 1.82) is 0 Å². The summed E-state index contributed by atoms with van der Waals surface area (Å²) in [7, 11) is 4.81. The van der Waals surface area contributed by atoms with Crippen LogP contribution in [0.25, 0.3) is 0 Å². The molecule has 2 aliphatic carbocycles. The molecule has 0 amide bonds. The number of nitrogens with zero attached hydrogens (tertiary/aromatic N) is 1. The van der Waals surface area contributed by atoms with Gasteiger partial charge in [0.15, 0.2) is 17.3 Å². The highest BCUT2D eigenvalue weighted by atomic mass is 79.9. The van der Waals surface area contributed by atoms with Gasteiger partial charge in [0.2, 0.25) is 0 Å². The van der Waals surface area contributed by atoms with Crippen molar-refractivity contribution in [1.82, 2.24) is 0 Å².